The molecule has 12 nitrogen and oxygen atoms in total. The number of carbonyl (C=O) groups is 3. The Morgan fingerprint density at radius 3 is 2.46 bits per heavy atom. The maximum atomic E-state index is 14.2. The normalized spacial score (nSPS) is 19.8. The molecule has 5 rings (SSSR count). The van der Waals surface area contributed by atoms with Gasteiger partial charge in [-0.1, -0.05) is 41.4 Å². The molecule has 2 fully saturated rings. The number of nitriles is 1. The van der Waals surface area contributed by atoms with Crippen molar-refractivity contribution in [2.24, 2.45) is 0 Å². The summed E-state index contributed by atoms with van der Waals surface area (Å²) in [4.78, 5) is 44.8. The fraction of sp³-hybridized carbons (Fsp3) is 0.364. The Bertz CT molecular complexity index is 1910. The number of aromatic nitrogens is 1. The molecule has 0 bridgehead atoms. The maximum absolute atomic E-state index is 14.2. The number of amides is 2. The lowest BCUT2D eigenvalue weighted by Gasteiger charge is -2.25. The van der Waals surface area contributed by atoms with Gasteiger partial charge in [0.1, 0.15) is 12.1 Å². The number of sulfonamides is 1. The van der Waals surface area contributed by atoms with Crippen molar-refractivity contribution in [3.8, 4) is 6.07 Å². The first-order valence-electron chi connectivity index (χ1n) is 15.5. The van der Waals surface area contributed by atoms with Gasteiger partial charge in [0.2, 0.25) is 15.9 Å². The van der Waals surface area contributed by atoms with Crippen LogP contribution >= 0.6 is 23.2 Å². The zero-order chi connectivity index (χ0) is 36.2. The van der Waals surface area contributed by atoms with Crippen LogP contribution in [0.15, 0.2) is 65.8 Å². The number of likely N-dealkylation sites (tertiary alicyclic amines) is 1. The summed E-state index contributed by atoms with van der Waals surface area (Å²) in [5.74, 6) is -5.10. The zero-order valence-electron chi connectivity index (χ0n) is 26.6. The van der Waals surface area contributed by atoms with E-state index in [1.54, 1.807) is 31.2 Å². The molecule has 2 aliphatic heterocycles. The van der Waals surface area contributed by atoms with Gasteiger partial charge >= 0.3 is 5.97 Å². The van der Waals surface area contributed by atoms with E-state index in [0.29, 0.717) is 11.3 Å². The van der Waals surface area contributed by atoms with Crippen molar-refractivity contribution < 1.29 is 36.3 Å². The maximum Gasteiger partial charge on any atom is 0.328 e. The SMILES string of the molecule is CCOC(=O)C(Cc1ccc(NC(=O)c2c(Cl)cncc2Cl)cc1)NC(=O)C1CC(N2CCC(F)(F)C2)CN1S(=O)(=O)c1cccc(C#N)c1. The van der Waals surface area contributed by atoms with Crippen molar-refractivity contribution >= 4 is 56.7 Å². The number of alkyl halides is 2. The molecular formula is C33H32Cl2F2N6O6S. The summed E-state index contributed by atoms with van der Waals surface area (Å²) in [5, 5.41) is 14.8. The number of esters is 1. The molecule has 1 aromatic heterocycles. The van der Waals surface area contributed by atoms with Crippen LogP contribution in [-0.2, 0) is 30.8 Å². The van der Waals surface area contributed by atoms with E-state index in [4.69, 9.17) is 27.9 Å². The van der Waals surface area contributed by atoms with Gasteiger partial charge < -0.3 is 15.4 Å². The van der Waals surface area contributed by atoms with E-state index in [9.17, 15) is 36.8 Å². The Balaban J connectivity index is 1.36. The van der Waals surface area contributed by atoms with Crippen LogP contribution in [-0.4, -0.2) is 90.7 Å². The summed E-state index contributed by atoms with van der Waals surface area (Å²) < 4.78 is 62.2. The lowest BCUT2D eigenvalue weighted by Crippen LogP contribution is -2.51. The second kappa shape index (κ2) is 15.4. The average molecular weight is 750 g/mol. The van der Waals surface area contributed by atoms with E-state index in [1.165, 1.54) is 41.6 Å². The molecule has 0 saturated carbocycles. The van der Waals surface area contributed by atoms with E-state index >= 15 is 0 Å². The third kappa shape index (κ3) is 8.39. The number of hydrogen-bond donors (Lipinski definition) is 2. The van der Waals surface area contributed by atoms with Crippen molar-refractivity contribution in [1.82, 2.24) is 19.5 Å². The summed E-state index contributed by atoms with van der Waals surface area (Å²) in [6.45, 7) is 0.788. The van der Waals surface area contributed by atoms with Crippen molar-refractivity contribution in [2.75, 3.05) is 31.6 Å². The number of hydrogen-bond acceptors (Lipinski definition) is 9. The quantitative estimate of drug-likeness (QED) is 0.273. The molecule has 264 valence electrons. The molecule has 50 heavy (non-hydrogen) atoms. The third-order valence-electron chi connectivity index (χ3n) is 8.44. The average Bonchev–Trinajstić information content (AvgIpc) is 3.69. The first-order valence-corrected chi connectivity index (χ1v) is 17.7. The van der Waals surface area contributed by atoms with Gasteiger partial charge in [0.25, 0.3) is 11.8 Å². The molecule has 2 aromatic carbocycles. The molecule has 0 aliphatic carbocycles. The van der Waals surface area contributed by atoms with E-state index in [2.05, 4.69) is 15.6 Å². The highest BCUT2D eigenvalue weighted by Crippen LogP contribution is 2.35. The van der Waals surface area contributed by atoms with Crippen molar-refractivity contribution in [1.29, 1.82) is 5.26 Å². The number of pyridine rings is 1. The Hall–Kier alpha value is -4.20. The van der Waals surface area contributed by atoms with Crippen LogP contribution in [0.25, 0.3) is 0 Å². The molecular weight excluding hydrogens is 717 g/mol. The number of nitrogens with zero attached hydrogens (tertiary/aromatic N) is 4. The van der Waals surface area contributed by atoms with Gasteiger partial charge in [0.05, 0.1) is 45.3 Å². The van der Waals surface area contributed by atoms with Crippen LogP contribution in [0, 0.1) is 11.3 Å². The summed E-state index contributed by atoms with van der Waals surface area (Å²) in [7, 11) is -4.39. The third-order valence-corrected chi connectivity index (χ3v) is 10.9. The second-order valence-electron chi connectivity index (χ2n) is 11.8. The van der Waals surface area contributed by atoms with Gasteiger partial charge in [-0.15, -0.1) is 0 Å². The zero-order valence-corrected chi connectivity index (χ0v) is 28.9. The van der Waals surface area contributed by atoms with E-state index in [0.717, 1.165) is 4.31 Å². The summed E-state index contributed by atoms with van der Waals surface area (Å²) in [5.41, 5.74) is 1.06. The predicted octanol–water partition coefficient (Wildman–Crippen LogP) is 4.28. The van der Waals surface area contributed by atoms with Crippen LogP contribution in [0.2, 0.25) is 10.0 Å². The molecule has 3 aromatic rings. The first kappa shape index (κ1) is 37.1. The number of anilines is 1. The Labute approximate surface area is 297 Å². The molecule has 2 amide bonds. The minimum atomic E-state index is -4.39. The van der Waals surface area contributed by atoms with Crippen molar-refractivity contribution in [3.05, 3.63) is 87.7 Å². The Kier molecular flexibility index (Phi) is 11.4. The summed E-state index contributed by atoms with van der Waals surface area (Å²) >= 11 is 12.2. The van der Waals surface area contributed by atoms with E-state index in [-0.39, 0.29) is 58.6 Å². The molecule has 2 N–H and O–H groups in total. The van der Waals surface area contributed by atoms with Crippen molar-refractivity contribution in [3.63, 3.8) is 0 Å². The van der Waals surface area contributed by atoms with Crippen LogP contribution in [0.1, 0.15) is 41.3 Å². The monoisotopic (exact) mass is 748 g/mol. The largest absolute Gasteiger partial charge is 0.464 e. The number of rotatable bonds is 11. The van der Waals surface area contributed by atoms with Gasteiger partial charge in [-0.05, 0) is 49.2 Å². The van der Waals surface area contributed by atoms with E-state index < -0.39 is 64.8 Å². The molecule has 2 aliphatic rings. The molecule has 17 heteroatoms. The number of carbonyl (C=O) groups excluding carboxylic acids is 3. The van der Waals surface area contributed by atoms with Crippen molar-refractivity contribution in [2.45, 2.75) is 55.1 Å². The highest BCUT2D eigenvalue weighted by molar-refractivity contribution is 7.89. The number of ether oxygens (including phenoxy) is 1. The number of nitrogens with one attached hydrogen (secondary N) is 2. The highest BCUT2D eigenvalue weighted by atomic mass is 35.5. The van der Waals surface area contributed by atoms with Gasteiger partial charge in [0.15, 0.2) is 0 Å². The standard InChI is InChI=1S/C33H32Cl2F2N6O6S/c1-2-49-32(46)27(13-20-6-8-22(9-7-20)40-31(45)29-25(34)16-39-17-26(29)35)41-30(44)28-14-23(42-11-10-33(36,37)19-42)18-43(28)50(47,48)24-5-3-4-21(12-24)15-38/h3-9,12,16-17,23,27-28H,2,10-11,13-14,18-19H2,1H3,(H,40,45)(H,41,44). The molecule has 3 atom stereocenters. The smallest absolute Gasteiger partial charge is 0.328 e. The highest BCUT2D eigenvalue weighted by Gasteiger charge is 2.50. The minimum Gasteiger partial charge on any atom is -0.464 e. The molecule has 0 spiro atoms. The van der Waals surface area contributed by atoms with Gasteiger partial charge in [0, 0.05) is 50.1 Å². The lowest BCUT2D eigenvalue weighted by molar-refractivity contribution is -0.147. The van der Waals surface area contributed by atoms with Gasteiger partial charge in [-0.2, -0.15) is 9.57 Å². The number of benzene rings is 2. The minimum absolute atomic E-state index is 0.000704. The van der Waals surface area contributed by atoms with Crippen LogP contribution in [0.4, 0.5) is 14.5 Å². The van der Waals surface area contributed by atoms with Gasteiger partial charge in [-0.25, -0.2) is 22.0 Å². The second-order valence-corrected chi connectivity index (χ2v) is 14.5. The van der Waals surface area contributed by atoms with Crippen LogP contribution < -0.4 is 10.6 Å². The Morgan fingerprint density at radius 1 is 1.14 bits per heavy atom. The van der Waals surface area contributed by atoms with E-state index in [1.807, 2.05) is 6.07 Å². The topological polar surface area (TPSA) is 162 Å². The van der Waals surface area contributed by atoms with Crippen LogP contribution in [0.5, 0.6) is 0 Å². The molecule has 3 heterocycles. The molecule has 3 unspecified atom stereocenters. The molecule has 2 saturated heterocycles. The summed E-state index contributed by atoms with van der Waals surface area (Å²) in [6.07, 6.45) is 2.01. The Morgan fingerprint density at radius 2 is 1.84 bits per heavy atom. The first-order chi connectivity index (χ1) is 23.7. The fourth-order valence-electron chi connectivity index (χ4n) is 5.97. The van der Waals surface area contributed by atoms with Crippen LogP contribution in [0.3, 0.4) is 0 Å². The number of halogens is 4. The summed E-state index contributed by atoms with van der Waals surface area (Å²) in [6, 6.07) is 10.2. The fourth-order valence-corrected chi connectivity index (χ4v) is 8.19. The lowest BCUT2D eigenvalue weighted by atomic mass is 10.0. The molecule has 0 radical (unpaired) electrons. The van der Waals surface area contributed by atoms with Gasteiger partial charge in [-0.3, -0.25) is 19.5 Å². The predicted molar refractivity (Wildman–Crippen MR) is 179 cm³/mol.